The second-order valence-corrected chi connectivity index (χ2v) is 4.50. The molecule has 0 spiro atoms. The smallest absolute Gasteiger partial charge is 0.155 e. The Balaban J connectivity index is 3.12. The van der Waals surface area contributed by atoms with Gasteiger partial charge >= 0.3 is 0 Å². The summed E-state index contributed by atoms with van der Waals surface area (Å²) in [5.41, 5.74) is 1.51. The van der Waals surface area contributed by atoms with Crippen molar-refractivity contribution < 1.29 is 4.79 Å². The van der Waals surface area contributed by atoms with Crippen molar-refractivity contribution in [2.24, 2.45) is 13.0 Å². The maximum atomic E-state index is 11.1. The molecule has 90 valence electrons. The van der Waals surface area contributed by atoms with E-state index in [-0.39, 0.29) is 0 Å². The van der Waals surface area contributed by atoms with Crippen LogP contribution in [0.25, 0.3) is 0 Å². The molecule has 1 aromatic rings. The van der Waals surface area contributed by atoms with Crippen LogP contribution in [0.1, 0.15) is 36.8 Å². The summed E-state index contributed by atoms with van der Waals surface area (Å²) in [4.78, 5) is 13.3. The summed E-state index contributed by atoms with van der Waals surface area (Å²) in [7, 11) is 1.89. The largest absolute Gasteiger partial charge is 0.356 e. The number of carbonyl (C=O) groups is 1. The Kier molecular flexibility index (Phi) is 4.10. The minimum Gasteiger partial charge on any atom is -0.356 e. The first kappa shape index (κ1) is 12.7. The van der Waals surface area contributed by atoms with Crippen LogP contribution in [0.4, 0.5) is 5.82 Å². The number of aromatic nitrogens is 2. The molecule has 0 atom stereocenters. The van der Waals surface area contributed by atoms with Gasteiger partial charge in [-0.15, -0.1) is 0 Å². The number of aryl methyl sites for hydroxylation is 2. The molecule has 0 saturated carbocycles. The summed E-state index contributed by atoms with van der Waals surface area (Å²) in [6, 6.07) is 0. The maximum Gasteiger partial charge on any atom is 0.155 e. The van der Waals surface area contributed by atoms with E-state index >= 15 is 0 Å². The minimum atomic E-state index is 0.564. The van der Waals surface area contributed by atoms with Crippen LogP contribution in [0, 0.1) is 12.8 Å². The Morgan fingerprint density at radius 1 is 1.50 bits per heavy atom. The topological polar surface area (TPSA) is 38.1 Å². The lowest BCUT2D eigenvalue weighted by Gasteiger charge is -2.25. The van der Waals surface area contributed by atoms with Crippen molar-refractivity contribution in [3.05, 3.63) is 11.3 Å². The van der Waals surface area contributed by atoms with Crippen LogP contribution in [0.5, 0.6) is 0 Å². The van der Waals surface area contributed by atoms with Crippen molar-refractivity contribution >= 4 is 12.1 Å². The standard InChI is InChI=1S/C12H21N3O/c1-6-15(7-9(2)3)12-11(8-16)10(4)13-14(12)5/h8-9H,6-7H2,1-5H3. The molecule has 16 heavy (non-hydrogen) atoms. The van der Waals surface area contributed by atoms with Crippen LogP contribution in [-0.4, -0.2) is 29.2 Å². The van der Waals surface area contributed by atoms with Gasteiger partial charge in [0.05, 0.1) is 11.3 Å². The van der Waals surface area contributed by atoms with Crippen LogP contribution >= 0.6 is 0 Å². The molecule has 0 N–H and O–H groups in total. The summed E-state index contributed by atoms with van der Waals surface area (Å²) in [5.74, 6) is 1.50. The van der Waals surface area contributed by atoms with Gasteiger partial charge in [-0.2, -0.15) is 5.10 Å². The van der Waals surface area contributed by atoms with E-state index < -0.39 is 0 Å². The Morgan fingerprint density at radius 3 is 2.56 bits per heavy atom. The van der Waals surface area contributed by atoms with Gasteiger partial charge in [0, 0.05) is 20.1 Å². The number of anilines is 1. The van der Waals surface area contributed by atoms with Gasteiger partial charge in [0.1, 0.15) is 5.82 Å². The lowest BCUT2D eigenvalue weighted by molar-refractivity contribution is 0.112. The van der Waals surface area contributed by atoms with E-state index in [0.29, 0.717) is 11.5 Å². The fourth-order valence-corrected chi connectivity index (χ4v) is 1.98. The number of carbonyl (C=O) groups excluding carboxylic acids is 1. The third-order valence-electron chi connectivity index (χ3n) is 2.62. The predicted octanol–water partition coefficient (Wildman–Crippen LogP) is 2.02. The van der Waals surface area contributed by atoms with Gasteiger partial charge in [-0.1, -0.05) is 13.8 Å². The SMILES string of the molecule is CCN(CC(C)C)c1c(C=O)c(C)nn1C. The molecule has 1 aromatic heterocycles. The second kappa shape index (κ2) is 5.14. The van der Waals surface area contributed by atoms with Crippen molar-refractivity contribution in [3.63, 3.8) is 0 Å². The number of nitrogens with zero attached hydrogens (tertiary/aromatic N) is 3. The van der Waals surface area contributed by atoms with Crippen molar-refractivity contribution in [2.75, 3.05) is 18.0 Å². The first-order valence-electron chi connectivity index (χ1n) is 5.74. The van der Waals surface area contributed by atoms with Gasteiger partial charge in [-0.3, -0.25) is 9.48 Å². The second-order valence-electron chi connectivity index (χ2n) is 4.50. The first-order valence-corrected chi connectivity index (χ1v) is 5.74. The maximum absolute atomic E-state index is 11.1. The van der Waals surface area contributed by atoms with Crippen LogP contribution in [0.15, 0.2) is 0 Å². The molecule has 4 heteroatoms. The predicted molar refractivity (Wildman–Crippen MR) is 66.1 cm³/mol. The van der Waals surface area contributed by atoms with E-state index in [0.717, 1.165) is 30.9 Å². The van der Waals surface area contributed by atoms with E-state index in [2.05, 4.69) is 30.8 Å². The Labute approximate surface area is 97.2 Å². The zero-order valence-corrected chi connectivity index (χ0v) is 10.8. The number of hydrogen-bond acceptors (Lipinski definition) is 3. The molecular weight excluding hydrogens is 202 g/mol. The number of hydrogen-bond donors (Lipinski definition) is 0. The Bertz CT molecular complexity index is 369. The van der Waals surface area contributed by atoms with E-state index in [1.54, 1.807) is 4.68 Å². The van der Waals surface area contributed by atoms with Crippen LogP contribution < -0.4 is 4.90 Å². The van der Waals surface area contributed by atoms with Crippen LogP contribution in [0.2, 0.25) is 0 Å². The summed E-state index contributed by atoms with van der Waals surface area (Å²) in [6.45, 7) is 10.1. The van der Waals surface area contributed by atoms with Gasteiger partial charge < -0.3 is 4.90 Å². The average Bonchev–Trinajstić information content (AvgIpc) is 2.49. The molecule has 1 rings (SSSR count). The third kappa shape index (κ3) is 2.43. The molecule has 0 unspecified atom stereocenters. The zero-order chi connectivity index (χ0) is 12.3. The molecule has 0 radical (unpaired) electrons. The zero-order valence-electron chi connectivity index (χ0n) is 10.8. The summed E-state index contributed by atoms with van der Waals surface area (Å²) >= 11 is 0. The van der Waals surface area contributed by atoms with E-state index in [1.165, 1.54) is 0 Å². The lowest BCUT2D eigenvalue weighted by Crippen LogP contribution is -2.29. The molecule has 0 aliphatic heterocycles. The van der Waals surface area contributed by atoms with Crippen molar-refractivity contribution in [1.29, 1.82) is 0 Å². The molecule has 0 aliphatic carbocycles. The monoisotopic (exact) mass is 223 g/mol. The van der Waals surface area contributed by atoms with Gasteiger partial charge in [-0.25, -0.2) is 0 Å². The normalized spacial score (nSPS) is 10.9. The highest BCUT2D eigenvalue weighted by atomic mass is 16.1. The molecule has 1 heterocycles. The molecule has 4 nitrogen and oxygen atoms in total. The van der Waals surface area contributed by atoms with Gasteiger partial charge in [0.2, 0.25) is 0 Å². The fraction of sp³-hybridized carbons (Fsp3) is 0.667. The van der Waals surface area contributed by atoms with Crippen molar-refractivity contribution in [2.45, 2.75) is 27.7 Å². The molecular formula is C12H21N3O. The van der Waals surface area contributed by atoms with E-state index in [4.69, 9.17) is 0 Å². The highest BCUT2D eigenvalue weighted by Crippen LogP contribution is 2.22. The van der Waals surface area contributed by atoms with Gasteiger partial charge in [0.25, 0.3) is 0 Å². The number of aldehydes is 1. The first-order chi connectivity index (χ1) is 7.51. The van der Waals surface area contributed by atoms with Gasteiger partial charge in [-0.05, 0) is 19.8 Å². The molecule has 0 aromatic carbocycles. The van der Waals surface area contributed by atoms with Gasteiger partial charge in [0.15, 0.2) is 6.29 Å². The van der Waals surface area contributed by atoms with Crippen molar-refractivity contribution in [3.8, 4) is 0 Å². The molecule has 0 saturated heterocycles. The van der Waals surface area contributed by atoms with Crippen molar-refractivity contribution in [1.82, 2.24) is 9.78 Å². The van der Waals surface area contributed by atoms with Crippen LogP contribution in [0.3, 0.4) is 0 Å². The summed E-state index contributed by atoms with van der Waals surface area (Å²) < 4.78 is 1.80. The third-order valence-corrected chi connectivity index (χ3v) is 2.62. The molecule has 0 amide bonds. The Hall–Kier alpha value is -1.32. The van der Waals surface area contributed by atoms with E-state index in [1.807, 2.05) is 14.0 Å². The van der Waals surface area contributed by atoms with Crippen LogP contribution in [-0.2, 0) is 7.05 Å². The molecule has 0 fully saturated rings. The summed E-state index contributed by atoms with van der Waals surface area (Å²) in [5, 5.41) is 4.30. The number of rotatable bonds is 5. The quantitative estimate of drug-likeness (QED) is 0.717. The highest BCUT2D eigenvalue weighted by molar-refractivity contribution is 5.84. The van der Waals surface area contributed by atoms with E-state index in [9.17, 15) is 4.79 Å². The molecule has 0 aliphatic rings. The highest BCUT2D eigenvalue weighted by Gasteiger charge is 2.18. The lowest BCUT2D eigenvalue weighted by atomic mass is 10.2. The molecule has 0 bridgehead atoms. The summed E-state index contributed by atoms with van der Waals surface area (Å²) in [6.07, 6.45) is 0.903. The fourth-order valence-electron chi connectivity index (χ4n) is 1.98. The average molecular weight is 223 g/mol. The Morgan fingerprint density at radius 2 is 2.12 bits per heavy atom. The minimum absolute atomic E-state index is 0.564.